The largest absolute Gasteiger partial charge is 0.483 e. The minimum atomic E-state index is -1.04. The van der Waals surface area contributed by atoms with Gasteiger partial charge >= 0.3 is 5.97 Å². The van der Waals surface area contributed by atoms with Crippen LogP contribution in [-0.2, 0) is 11.3 Å². The Kier molecular flexibility index (Phi) is 7.83. The zero-order valence-electron chi connectivity index (χ0n) is 18.1. The molecule has 33 heavy (non-hydrogen) atoms. The Labute approximate surface area is 194 Å². The molecular weight excluding hydrogens is 447 g/mol. The number of rotatable bonds is 10. The molecule has 0 aliphatic heterocycles. The van der Waals surface area contributed by atoms with Crippen LogP contribution in [0.25, 0.3) is 0 Å². The second kappa shape index (κ2) is 10.8. The number of allylic oxidation sites excluding steroid dienone is 1. The fourth-order valence-electron chi connectivity index (χ4n) is 2.91. The summed E-state index contributed by atoms with van der Waals surface area (Å²) in [5, 5.41) is 20.2. The summed E-state index contributed by atoms with van der Waals surface area (Å²) in [4.78, 5) is 23.6. The highest BCUT2D eigenvalue weighted by atomic mass is 32.2. The van der Waals surface area contributed by atoms with E-state index in [2.05, 4.69) is 22.1 Å². The fraction of sp³-hybridized carbons (Fsp3) is 0.217. The number of carbonyl (C=O) groups is 2. The van der Waals surface area contributed by atoms with Crippen LogP contribution < -0.4 is 10.1 Å². The molecule has 3 aromatic rings. The van der Waals surface area contributed by atoms with Gasteiger partial charge in [0.25, 0.3) is 0 Å². The molecular formula is C23H23FN4O4S. The number of hydrogen-bond acceptors (Lipinski definition) is 6. The average Bonchev–Trinajstić information content (AvgIpc) is 3.18. The number of anilines is 1. The van der Waals surface area contributed by atoms with E-state index in [1.807, 2.05) is 0 Å². The summed E-state index contributed by atoms with van der Waals surface area (Å²) in [5.74, 6) is -0.625. The van der Waals surface area contributed by atoms with Crippen molar-refractivity contribution >= 4 is 29.3 Å². The first kappa shape index (κ1) is 24.0. The van der Waals surface area contributed by atoms with Gasteiger partial charge in [0.15, 0.2) is 17.1 Å². The molecule has 0 aliphatic rings. The van der Waals surface area contributed by atoms with Crippen LogP contribution in [0, 0.1) is 5.82 Å². The number of nitrogens with one attached hydrogen (secondary N) is 1. The topological polar surface area (TPSA) is 106 Å². The number of thioether (sulfide) groups is 1. The first-order valence-electron chi connectivity index (χ1n) is 10.1. The van der Waals surface area contributed by atoms with Crippen LogP contribution in [-0.4, -0.2) is 37.0 Å². The van der Waals surface area contributed by atoms with Gasteiger partial charge in [-0.2, -0.15) is 0 Å². The quantitative estimate of drug-likeness (QED) is 0.330. The molecule has 1 heterocycles. The third kappa shape index (κ3) is 6.19. The highest BCUT2D eigenvalue weighted by molar-refractivity contribution is 8.00. The summed E-state index contributed by atoms with van der Waals surface area (Å²) in [6.07, 6.45) is 1.21. The summed E-state index contributed by atoms with van der Waals surface area (Å²) >= 11 is 1.22. The number of carboxylic acids is 1. The van der Waals surface area contributed by atoms with E-state index in [1.54, 1.807) is 24.5 Å². The lowest BCUT2D eigenvalue weighted by Crippen LogP contribution is -2.23. The maximum atomic E-state index is 13.1. The van der Waals surface area contributed by atoms with Gasteiger partial charge in [-0.25, -0.2) is 9.18 Å². The Morgan fingerprint density at radius 1 is 1.18 bits per heavy atom. The van der Waals surface area contributed by atoms with E-state index in [4.69, 9.17) is 9.84 Å². The maximum absolute atomic E-state index is 13.1. The van der Waals surface area contributed by atoms with Gasteiger partial charge in [-0.05, 0) is 62.4 Å². The highest BCUT2D eigenvalue weighted by Crippen LogP contribution is 2.27. The third-order valence-electron chi connectivity index (χ3n) is 4.60. The molecule has 1 aromatic heterocycles. The molecule has 0 fully saturated rings. The van der Waals surface area contributed by atoms with Crippen molar-refractivity contribution in [3.8, 4) is 5.75 Å². The van der Waals surface area contributed by atoms with Crippen molar-refractivity contribution in [2.75, 3.05) is 5.32 Å². The van der Waals surface area contributed by atoms with Crippen molar-refractivity contribution in [1.29, 1.82) is 0 Å². The van der Waals surface area contributed by atoms with E-state index in [1.165, 1.54) is 60.3 Å². The smallest absolute Gasteiger partial charge is 0.335 e. The number of carboxylic acid groups (broad SMARTS) is 1. The van der Waals surface area contributed by atoms with Gasteiger partial charge in [0.1, 0.15) is 11.6 Å². The van der Waals surface area contributed by atoms with Crippen molar-refractivity contribution < 1.29 is 23.8 Å². The van der Waals surface area contributed by atoms with Crippen LogP contribution in [0.15, 0.2) is 66.3 Å². The van der Waals surface area contributed by atoms with Gasteiger partial charge in [-0.15, -0.1) is 16.8 Å². The van der Waals surface area contributed by atoms with Gasteiger partial charge in [0.05, 0.1) is 10.8 Å². The number of aromatic nitrogens is 3. The van der Waals surface area contributed by atoms with Crippen molar-refractivity contribution in [2.45, 2.75) is 36.9 Å². The Morgan fingerprint density at radius 3 is 2.45 bits per heavy atom. The van der Waals surface area contributed by atoms with E-state index < -0.39 is 17.3 Å². The Morgan fingerprint density at radius 2 is 1.85 bits per heavy atom. The van der Waals surface area contributed by atoms with Gasteiger partial charge in [-0.1, -0.05) is 17.8 Å². The molecule has 0 radical (unpaired) electrons. The summed E-state index contributed by atoms with van der Waals surface area (Å²) in [6, 6.07) is 11.6. The van der Waals surface area contributed by atoms with Gasteiger partial charge in [0.2, 0.25) is 5.91 Å². The number of ether oxygens (including phenoxy) is 1. The van der Waals surface area contributed by atoms with E-state index in [0.29, 0.717) is 29.0 Å². The Bertz CT molecular complexity index is 1130. The van der Waals surface area contributed by atoms with Gasteiger partial charge in [-0.3, -0.25) is 9.36 Å². The first-order chi connectivity index (χ1) is 15.8. The summed E-state index contributed by atoms with van der Waals surface area (Å²) in [7, 11) is 0. The number of aromatic carboxylic acids is 1. The molecule has 10 heteroatoms. The molecule has 2 aromatic carbocycles. The molecule has 2 atom stereocenters. The summed E-state index contributed by atoms with van der Waals surface area (Å²) in [5.41, 5.74) is 0.629. The van der Waals surface area contributed by atoms with Crippen LogP contribution in [0.1, 0.15) is 36.1 Å². The molecule has 0 bridgehead atoms. The predicted molar refractivity (Wildman–Crippen MR) is 123 cm³/mol. The highest BCUT2D eigenvalue weighted by Gasteiger charge is 2.23. The molecule has 172 valence electrons. The number of benzene rings is 2. The maximum Gasteiger partial charge on any atom is 0.335 e. The van der Waals surface area contributed by atoms with Crippen LogP contribution in [0.5, 0.6) is 5.75 Å². The fourth-order valence-corrected chi connectivity index (χ4v) is 3.78. The molecule has 2 N–H and O–H groups in total. The van der Waals surface area contributed by atoms with E-state index in [-0.39, 0.29) is 17.3 Å². The summed E-state index contributed by atoms with van der Waals surface area (Å²) in [6.45, 7) is 7.72. The van der Waals surface area contributed by atoms with Crippen LogP contribution in [0.4, 0.5) is 10.1 Å². The summed E-state index contributed by atoms with van der Waals surface area (Å²) < 4.78 is 20.8. The molecule has 8 nitrogen and oxygen atoms in total. The van der Waals surface area contributed by atoms with Gasteiger partial charge < -0.3 is 15.2 Å². The molecule has 1 amide bonds. The standard InChI is InChI=1S/C23H23FN4O4S/c1-4-13-28-20(14(2)32-19-11-7-17(24)8-12-19)26-27-23(28)33-15(3)21(29)25-18-9-5-16(6-10-18)22(30)31/h4-12,14-15H,1,13H2,2-3H3,(H,25,29)(H,30,31). The second-order valence-corrected chi connectivity index (χ2v) is 8.39. The van der Waals surface area contributed by atoms with Gasteiger partial charge in [0, 0.05) is 12.2 Å². The molecule has 2 unspecified atom stereocenters. The monoisotopic (exact) mass is 470 g/mol. The van der Waals surface area contributed by atoms with Crippen molar-refractivity contribution in [3.05, 3.63) is 78.4 Å². The number of halogens is 1. The zero-order chi connectivity index (χ0) is 24.0. The average molecular weight is 471 g/mol. The Hall–Kier alpha value is -3.66. The predicted octanol–water partition coefficient (Wildman–Crippen LogP) is 4.56. The minimum Gasteiger partial charge on any atom is -0.483 e. The Balaban J connectivity index is 1.69. The molecule has 3 rings (SSSR count). The normalized spacial score (nSPS) is 12.6. The zero-order valence-corrected chi connectivity index (χ0v) is 18.9. The molecule has 0 saturated carbocycles. The van der Waals surface area contributed by atoms with Crippen LogP contribution in [0.2, 0.25) is 0 Å². The molecule has 0 spiro atoms. The lowest BCUT2D eigenvalue weighted by atomic mass is 10.2. The molecule has 0 aliphatic carbocycles. The van der Waals surface area contributed by atoms with E-state index in [9.17, 15) is 14.0 Å². The number of nitrogens with zero attached hydrogens (tertiary/aromatic N) is 3. The van der Waals surface area contributed by atoms with Crippen molar-refractivity contribution in [1.82, 2.24) is 14.8 Å². The van der Waals surface area contributed by atoms with Crippen LogP contribution >= 0.6 is 11.8 Å². The molecule has 0 saturated heterocycles. The number of amides is 1. The van der Waals surface area contributed by atoms with Crippen molar-refractivity contribution in [2.24, 2.45) is 0 Å². The van der Waals surface area contributed by atoms with Crippen molar-refractivity contribution in [3.63, 3.8) is 0 Å². The number of carbonyl (C=O) groups excluding carboxylic acids is 1. The second-order valence-electron chi connectivity index (χ2n) is 7.09. The SMILES string of the molecule is C=CCn1c(SC(C)C(=O)Nc2ccc(C(=O)O)cc2)nnc1C(C)Oc1ccc(F)cc1. The first-order valence-corrected chi connectivity index (χ1v) is 10.9. The van der Waals surface area contributed by atoms with Crippen LogP contribution in [0.3, 0.4) is 0 Å². The third-order valence-corrected chi connectivity index (χ3v) is 5.68. The lowest BCUT2D eigenvalue weighted by molar-refractivity contribution is -0.115. The van der Waals surface area contributed by atoms with E-state index in [0.717, 1.165) is 0 Å². The number of hydrogen-bond donors (Lipinski definition) is 2. The lowest BCUT2D eigenvalue weighted by Gasteiger charge is -2.16. The minimum absolute atomic E-state index is 0.137. The van der Waals surface area contributed by atoms with E-state index >= 15 is 0 Å².